The SMILES string of the molecule is CCCN(CC(=O)O)C1CCN(c2cccc(Cl)c2)C1=O.Cl. The Kier molecular flexibility index (Phi) is 7.13. The Morgan fingerprint density at radius 2 is 2.23 bits per heavy atom. The topological polar surface area (TPSA) is 60.9 Å². The summed E-state index contributed by atoms with van der Waals surface area (Å²) in [6.07, 6.45) is 1.45. The van der Waals surface area contributed by atoms with E-state index < -0.39 is 5.97 Å². The first-order valence-electron chi connectivity index (χ1n) is 7.05. The molecule has 1 aliphatic rings. The van der Waals surface area contributed by atoms with Crippen molar-refractivity contribution in [3.63, 3.8) is 0 Å². The zero-order valence-electron chi connectivity index (χ0n) is 12.4. The van der Waals surface area contributed by atoms with Crippen LogP contribution in [0.5, 0.6) is 0 Å². The Morgan fingerprint density at radius 1 is 1.50 bits per heavy atom. The van der Waals surface area contributed by atoms with Crippen molar-refractivity contribution in [1.29, 1.82) is 0 Å². The first-order chi connectivity index (χ1) is 10.0. The lowest BCUT2D eigenvalue weighted by Gasteiger charge is -2.25. The van der Waals surface area contributed by atoms with Crippen LogP contribution in [0.25, 0.3) is 0 Å². The summed E-state index contributed by atoms with van der Waals surface area (Å²) in [4.78, 5) is 27.0. The van der Waals surface area contributed by atoms with E-state index in [1.807, 2.05) is 13.0 Å². The van der Waals surface area contributed by atoms with Gasteiger partial charge < -0.3 is 10.0 Å². The van der Waals surface area contributed by atoms with E-state index in [-0.39, 0.29) is 30.9 Å². The van der Waals surface area contributed by atoms with Gasteiger partial charge in [-0.05, 0) is 37.6 Å². The van der Waals surface area contributed by atoms with Crippen molar-refractivity contribution in [3.8, 4) is 0 Å². The Hall–Kier alpha value is -1.30. The minimum Gasteiger partial charge on any atom is -0.480 e. The molecule has 1 fully saturated rings. The number of rotatable bonds is 6. The Bertz CT molecular complexity index is 539. The molecular formula is C15H20Cl2N2O3. The van der Waals surface area contributed by atoms with Crippen LogP contribution in [0, 0.1) is 0 Å². The van der Waals surface area contributed by atoms with Crippen LogP contribution in [0.1, 0.15) is 19.8 Å². The van der Waals surface area contributed by atoms with Crippen LogP contribution in [0.3, 0.4) is 0 Å². The molecule has 1 aliphatic heterocycles. The molecule has 2 rings (SSSR count). The van der Waals surface area contributed by atoms with E-state index in [0.717, 1.165) is 12.1 Å². The molecule has 1 N–H and O–H groups in total. The number of amides is 1. The van der Waals surface area contributed by atoms with Crippen molar-refractivity contribution < 1.29 is 14.7 Å². The molecule has 0 bridgehead atoms. The number of carboxylic acid groups (broad SMARTS) is 1. The number of anilines is 1. The number of hydrogen-bond acceptors (Lipinski definition) is 3. The molecule has 5 nitrogen and oxygen atoms in total. The first-order valence-corrected chi connectivity index (χ1v) is 7.43. The summed E-state index contributed by atoms with van der Waals surface area (Å²) in [5, 5.41) is 9.58. The number of carbonyl (C=O) groups excluding carboxylic acids is 1. The molecule has 22 heavy (non-hydrogen) atoms. The number of halogens is 2. The smallest absolute Gasteiger partial charge is 0.317 e. The van der Waals surface area contributed by atoms with Crippen LogP contribution < -0.4 is 4.90 Å². The summed E-state index contributed by atoms with van der Waals surface area (Å²) in [5.41, 5.74) is 0.766. The van der Waals surface area contributed by atoms with E-state index in [4.69, 9.17) is 16.7 Å². The van der Waals surface area contributed by atoms with Crippen molar-refractivity contribution in [3.05, 3.63) is 29.3 Å². The molecule has 0 aliphatic carbocycles. The van der Waals surface area contributed by atoms with Crippen LogP contribution in [-0.2, 0) is 9.59 Å². The predicted octanol–water partition coefficient (Wildman–Crippen LogP) is 2.66. The monoisotopic (exact) mass is 346 g/mol. The van der Waals surface area contributed by atoms with Crippen molar-refractivity contribution in [2.24, 2.45) is 0 Å². The van der Waals surface area contributed by atoms with E-state index >= 15 is 0 Å². The Balaban J connectivity index is 0.00000242. The van der Waals surface area contributed by atoms with Crippen molar-refractivity contribution in [2.75, 3.05) is 24.5 Å². The van der Waals surface area contributed by atoms with Gasteiger partial charge in [0.2, 0.25) is 5.91 Å². The van der Waals surface area contributed by atoms with Gasteiger partial charge in [0, 0.05) is 17.3 Å². The molecule has 1 heterocycles. The molecule has 1 atom stereocenters. The fourth-order valence-electron chi connectivity index (χ4n) is 2.71. The standard InChI is InChI=1S/C15H19ClN2O3.ClH/c1-2-7-17(10-14(19)20)13-6-8-18(15(13)21)12-5-3-4-11(16)9-12;/h3-5,9,13H,2,6-8,10H2,1H3,(H,19,20);1H. The highest BCUT2D eigenvalue weighted by atomic mass is 35.5. The van der Waals surface area contributed by atoms with Gasteiger partial charge in [-0.25, -0.2) is 0 Å². The summed E-state index contributed by atoms with van der Waals surface area (Å²) in [6, 6.07) is 6.80. The third-order valence-corrected chi connectivity index (χ3v) is 3.82. The summed E-state index contributed by atoms with van der Waals surface area (Å²) in [7, 11) is 0. The molecule has 1 unspecified atom stereocenters. The second-order valence-corrected chi connectivity index (χ2v) is 5.57. The highest BCUT2D eigenvalue weighted by molar-refractivity contribution is 6.31. The highest BCUT2D eigenvalue weighted by Crippen LogP contribution is 2.26. The maximum Gasteiger partial charge on any atom is 0.317 e. The molecule has 0 aromatic heterocycles. The third kappa shape index (κ3) is 4.35. The summed E-state index contributed by atoms with van der Waals surface area (Å²) in [6.45, 7) is 3.06. The summed E-state index contributed by atoms with van der Waals surface area (Å²) >= 11 is 5.96. The molecule has 1 aromatic carbocycles. The number of hydrogen-bond donors (Lipinski definition) is 1. The van der Waals surface area contributed by atoms with Gasteiger partial charge in [-0.2, -0.15) is 0 Å². The molecule has 0 radical (unpaired) electrons. The van der Waals surface area contributed by atoms with Crippen LogP contribution in [-0.4, -0.2) is 47.6 Å². The normalized spacial score (nSPS) is 17.7. The minimum atomic E-state index is -0.905. The molecule has 122 valence electrons. The van der Waals surface area contributed by atoms with Gasteiger partial charge in [0.15, 0.2) is 0 Å². The van der Waals surface area contributed by atoms with E-state index in [1.165, 1.54) is 0 Å². The number of carbonyl (C=O) groups is 2. The fourth-order valence-corrected chi connectivity index (χ4v) is 2.89. The minimum absolute atomic E-state index is 0. The van der Waals surface area contributed by atoms with Crippen LogP contribution >= 0.6 is 24.0 Å². The molecule has 1 aromatic rings. The molecule has 7 heteroatoms. The molecule has 1 saturated heterocycles. The van der Waals surface area contributed by atoms with Crippen LogP contribution in [0.4, 0.5) is 5.69 Å². The van der Waals surface area contributed by atoms with Gasteiger partial charge in [-0.3, -0.25) is 14.5 Å². The van der Waals surface area contributed by atoms with Gasteiger partial charge in [-0.15, -0.1) is 12.4 Å². The van der Waals surface area contributed by atoms with E-state index in [2.05, 4.69) is 0 Å². The molecule has 0 saturated carbocycles. The zero-order chi connectivity index (χ0) is 15.4. The van der Waals surface area contributed by atoms with Gasteiger partial charge >= 0.3 is 5.97 Å². The Labute approximate surface area is 141 Å². The second kappa shape index (κ2) is 8.36. The zero-order valence-corrected chi connectivity index (χ0v) is 13.9. The van der Waals surface area contributed by atoms with E-state index in [9.17, 15) is 9.59 Å². The molecule has 0 spiro atoms. The number of aliphatic carboxylic acids is 1. The number of benzene rings is 1. The van der Waals surface area contributed by atoms with Crippen molar-refractivity contribution in [2.45, 2.75) is 25.8 Å². The van der Waals surface area contributed by atoms with Crippen molar-refractivity contribution in [1.82, 2.24) is 4.90 Å². The van der Waals surface area contributed by atoms with Gasteiger partial charge in [0.05, 0.1) is 12.6 Å². The lowest BCUT2D eigenvalue weighted by atomic mass is 10.2. The third-order valence-electron chi connectivity index (χ3n) is 3.59. The predicted molar refractivity (Wildman–Crippen MR) is 89.0 cm³/mol. The lowest BCUT2D eigenvalue weighted by Crippen LogP contribution is -2.44. The van der Waals surface area contributed by atoms with Gasteiger partial charge in [-0.1, -0.05) is 24.6 Å². The number of carboxylic acids is 1. The quantitative estimate of drug-likeness (QED) is 0.860. The molecular weight excluding hydrogens is 327 g/mol. The lowest BCUT2D eigenvalue weighted by molar-refractivity contribution is -0.139. The van der Waals surface area contributed by atoms with Gasteiger partial charge in [0.25, 0.3) is 0 Å². The summed E-state index contributed by atoms with van der Waals surface area (Å²) in [5.74, 6) is -0.954. The second-order valence-electron chi connectivity index (χ2n) is 5.14. The largest absolute Gasteiger partial charge is 0.480 e. The van der Waals surface area contributed by atoms with Crippen LogP contribution in [0.2, 0.25) is 5.02 Å². The number of nitrogens with zero attached hydrogens (tertiary/aromatic N) is 2. The van der Waals surface area contributed by atoms with E-state index in [1.54, 1.807) is 28.0 Å². The average molecular weight is 347 g/mol. The maximum atomic E-state index is 12.6. The average Bonchev–Trinajstić information content (AvgIpc) is 2.79. The first kappa shape index (κ1) is 18.7. The highest BCUT2D eigenvalue weighted by Gasteiger charge is 2.37. The Morgan fingerprint density at radius 3 is 2.82 bits per heavy atom. The summed E-state index contributed by atoms with van der Waals surface area (Å²) < 4.78 is 0. The van der Waals surface area contributed by atoms with Crippen LogP contribution in [0.15, 0.2) is 24.3 Å². The molecule has 1 amide bonds. The van der Waals surface area contributed by atoms with Gasteiger partial charge in [0.1, 0.15) is 0 Å². The fraction of sp³-hybridized carbons (Fsp3) is 0.467. The van der Waals surface area contributed by atoms with Crippen molar-refractivity contribution >= 4 is 41.6 Å². The maximum absolute atomic E-state index is 12.6. The van der Waals surface area contributed by atoms with E-state index in [0.29, 0.717) is 24.5 Å².